The van der Waals surface area contributed by atoms with Gasteiger partial charge in [-0.15, -0.1) is 0 Å². The van der Waals surface area contributed by atoms with E-state index in [2.05, 4.69) is 4.18 Å². The summed E-state index contributed by atoms with van der Waals surface area (Å²) in [5.41, 5.74) is -0.186. The van der Waals surface area contributed by atoms with E-state index in [1.54, 1.807) is 0 Å². The van der Waals surface area contributed by atoms with Crippen LogP contribution >= 0.6 is 0 Å². The Morgan fingerprint density at radius 1 is 1.17 bits per heavy atom. The Hall–Kier alpha value is -2.52. The highest BCUT2D eigenvalue weighted by atomic mass is 32.3. The van der Waals surface area contributed by atoms with Crippen LogP contribution in [0.5, 0.6) is 5.75 Å². The zero-order valence-electron chi connectivity index (χ0n) is 12.3. The number of carbonyl (C=O) groups excluding carboxylic acids is 1. The highest BCUT2D eigenvalue weighted by Crippen LogP contribution is 2.30. The van der Waals surface area contributed by atoms with Crippen LogP contribution < -0.4 is 4.18 Å². The fourth-order valence-electron chi connectivity index (χ4n) is 1.98. The molecule has 6 nitrogen and oxygen atoms in total. The third-order valence-corrected chi connectivity index (χ3v) is 3.30. The largest absolute Gasteiger partial charge is 0.462 e. The lowest BCUT2D eigenvalue weighted by atomic mass is 10.0. The van der Waals surface area contributed by atoms with Crippen LogP contribution in [0.15, 0.2) is 36.4 Å². The van der Waals surface area contributed by atoms with Crippen molar-refractivity contribution in [3.05, 3.63) is 53.6 Å². The molecule has 2 aromatic rings. The summed E-state index contributed by atoms with van der Waals surface area (Å²) in [5, 5.41) is 0. The van der Waals surface area contributed by atoms with Crippen molar-refractivity contribution in [3.8, 4) is 16.9 Å². The van der Waals surface area contributed by atoms with Gasteiger partial charge in [-0.2, -0.15) is 8.42 Å². The van der Waals surface area contributed by atoms with E-state index < -0.39 is 33.8 Å². The summed E-state index contributed by atoms with van der Waals surface area (Å²) >= 11 is 0. The first-order valence-corrected chi connectivity index (χ1v) is 8.01. The lowest BCUT2D eigenvalue weighted by Gasteiger charge is -2.11. The minimum atomic E-state index is -4.87. The fourth-order valence-corrected chi connectivity index (χ4v) is 2.35. The third kappa shape index (κ3) is 4.27. The van der Waals surface area contributed by atoms with Crippen molar-refractivity contribution in [2.45, 2.75) is 6.92 Å². The number of rotatable bonds is 5. The molecular weight excluding hydrogens is 346 g/mol. The van der Waals surface area contributed by atoms with Gasteiger partial charge >= 0.3 is 16.4 Å². The van der Waals surface area contributed by atoms with E-state index >= 15 is 0 Å². The molecule has 1 N–H and O–H groups in total. The SMILES string of the molecule is CCOC(=O)c1cc(-c2ccc(F)cc2F)ccc1OS(=O)(=O)O. The van der Waals surface area contributed by atoms with Gasteiger partial charge in [0.2, 0.25) is 0 Å². The lowest BCUT2D eigenvalue weighted by Crippen LogP contribution is -2.12. The number of hydrogen-bond donors (Lipinski definition) is 1. The first kappa shape index (κ1) is 17.8. The van der Waals surface area contributed by atoms with Crippen LogP contribution in [0.2, 0.25) is 0 Å². The summed E-state index contributed by atoms with van der Waals surface area (Å²) in [6.07, 6.45) is 0. The van der Waals surface area contributed by atoms with Crippen LogP contribution in [0.4, 0.5) is 8.78 Å². The molecule has 9 heteroatoms. The number of halogens is 2. The van der Waals surface area contributed by atoms with E-state index in [1.165, 1.54) is 13.0 Å². The molecule has 0 saturated carbocycles. The van der Waals surface area contributed by atoms with Gasteiger partial charge in [-0.3, -0.25) is 4.55 Å². The monoisotopic (exact) mass is 358 g/mol. The molecule has 0 amide bonds. The number of benzene rings is 2. The predicted octanol–water partition coefficient (Wildman–Crippen LogP) is 2.99. The first-order valence-electron chi connectivity index (χ1n) is 6.64. The second-order valence-electron chi connectivity index (χ2n) is 4.57. The van der Waals surface area contributed by atoms with Crippen LogP contribution in [0.25, 0.3) is 11.1 Å². The molecule has 24 heavy (non-hydrogen) atoms. The van der Waals surface area contributed by atoms with Crippen molar-refractivity contribution in [1.82, 2.24) is 0 Å². The van der Waals surface area contributed by atoms with Crippen LogP contribution in [-0.4, -0.2) is 25.5 Å². The van der Waals surface area contributed by atoms with Crippen molar-refractivity contribution in [2.75, 3.05) is 6.61 Å². The van der Waals surface area contributed by atoms with Crippen LogP contribution in [-0.2, 0) is 15.1 Å². The minimum absolute atomic E-state index is 0.000709. The van der Waals surface area contributed by atoms with Crippen molar-refractivity contribution in [3.63, 3.8) is 0 Å². The van der Waals surface area contributed by atoms with Crippen LogP contribution in [0.3, 0.4) is 0 Å². The van der Waals surface area contributed by atoms with Gasteiger partial charge in [0, 0.05) is 11.6 Å². The summed E-state index contributed by atoms with van der Waals surface area (Å²) in [6, 6.07) is 6.29. The highest BCUT2D eigenvalue weighted by molar-refractivity contribution is 7.81. The summed E-state index contributed by atoms with van der Waals surface area (Å²) in [4.78, 5) is 11.9. The fraction of sp³-hybridized carbons (Fsp3) is 0.133. The van der Waals surface area contributed by atoms with Crippen LogP contribution in [0.1, 0.15) is 17.3 Å². The van der Waals surface area contributed by atoms with Gasteiger partial charge in [0.15, 0.2) is 5.75 Å². The summed E-state index contributed by atoms with van der Waals surface area (Å²) in [7, 11) is -4.87. The summed E-state index contributed by atoms with van der Waals surface area (Å²) in [5.74, 6) is -3.05. The molecule has 0 aliphatic carbocycles. The predicted molar refractivity (Wildman–Crippen MR) is 79.9 cm³/mol. The smallest absolute Gasteiger partial charge is 0.446 e. The molecule has 0 aromatic heterocycles. The van der Waals surface area contributed by atoms with E-state index in [0.717, 1.165) is 24.3 Å². The number of carbonyl (C=O) groups is 1. The zero-order valence-corrected chi connectivity index (χ0v) is 13.1. The molecule has 2 aromatic carbocycles. The highest BCUT2D eigenvalue weighted by Gasteiger charge is 2.20. The van der Waals surface area contributed by atoms with Crippen LogP contribution in [0, 0.1) is 11.6 Å². The lowest BCUT2D eigenvalue weighted by molar-refractivity contribution is 0.0524. The Morgan fingerprint density at radius 2 is 1.88 bits per heavy atom. The third-order valence-electron chi connectivity index (χ3n) is 2.91. The summed E-state index contributed by atoms with van der Waals surface area (Å²) < 4.78 is 66.4. The molecule has 0 saturated heterocycles. The molecule has 2 rings (SSSR count). The van der Waals surface area contributed by atoms with E-state index in [1.807, 2.05) is 0 Å². The molecule has 0 radical (unpaired) electrons. The molecule has 0 spiro atoms. The van der Waals surface area contributed by atoms with Gasteiger partial charge in [-0.25, -0.2) is 13.6 Å². The maximum absolute atomic E-state index is 13.9. The van der Waals surface area contributed by atoms with Gasteiger partial charge in [0.25, 0.3) is 0 Å². The molecule has 0 bridgehead atoms. The van der Waals surface area contributed by atoms with E-state index in [4.69, 9.17) is 9.29 Å². The molecule has 128 valence electrons. The standard InChI is InChI=1S/C15H12F2O6S/c1-2-22-15(18)12-7-9(3-6-14(12)23-24(19,20)21)11-5-4-10(16)8-13(11)17/h3-8H,2H2,1H3,(H,19,20,21). The number of hydrogen-bond acceptors (Lipinski definition) is 5. The Kier molecular flexibility index (Phi) is 5.15. The topological polar surface area (TPSA) is 89.9 Å². The van der Waals surface area contributed by atoms with Crippen molar-refractivity contribution in [1.29, 1.82) is 0 Å². The first-order chi connectivity index (χ1) is 11.2. The van der Waals surface area contributed by atoms with Crippen molar-refractivity contribution < 1.29 is 35.5 Å². The normalized spacial score (nSPS) is 11.2. The number of esters is 1. The Morgan fingerprint density at radius 3 is 2.46 bits per heavy atom. The maximum atomic E-state index is 13.9. The molecule has 0 heterocycles. The zero-order chi connectivity index (χ0) is 17.9. The quantitative estimate of drug-likeness (QED) is 0.653. The molecule has 0 aliphatic rings. The summed E-state index contributed by atoms with van der Waals surface area (Å²) in [6.45, 7) is 1.53. The van der Waals surface area contributed by atoms with E-state index in [0.29, 0.717) is 6.07 Å². The second kappa shape index (κ2) is 6.93. The molecule has 0 fully saturated rings. The van der Waals surface area contributed by atoms with E-state index in [9.17, 15) is 22.0 Å². The Bertz CT molecular complexity index is 880. The van der Waals surface area contributed by atoms with Crippen molar-refractivity contribution >= 4 is 16.4 Å². The molecule has 0 atom stereocenters. The van der Waals surface area contributed by atoms with Gasteiger partial charge in [-0.1, -0.05) is 6.07 Å². The Balaban J connectivity index is 2.56. The average Bonchev–Trinajstić information content (AvgIpc) is 2.46. The molecule has 0 unspecified atom stereocenters. The van der Waals surface area contributed by atoms with Gasteiger partial charge in [0.05, 0.1) is 6.61 Å². The van der Waals surface area contributed by atoms with Gasteiger partial charge < -0.3 is 8.92 Å². The van der Waals surface area contributed by atoms with Gasteiger partial charge in [-0.05, 0) is 36.8 Å². The molecule has 0 aliphatic heterocycles. The van der Waals surface area contributed by atoms with Crippen molar-refractivity contribution in [2.24, 2.45) is 0 Å². The number of ether oxygens (including phenoxy) is 1. The molecular formula is C15H12F2O6S. The minimum Gasteiger partial charge on any atom is -0.462 e. The average molecular weight is 358 g/mol. The van der Waals surface area contributed by atoms with Gasteiger partial charge in [0.1, 0.15) is 17.2 Å². The Labute approximate surface area is 136 Å². The maximum Gasteiger partial charge on any atom is 0.446 e. The van der Waals surface area contributed by atoms with E-state index in [-0.39, 0.29) is 23.3 Å². The second-order valence-corrected chi connectivity index (χ2v) is 5.59.